The van der Waals surface area contributed by atoms with Gasteiger partial charge in [-0.3, -0.25) is 0 Å². The Morgan fingerprint density at radius 3 is 2.00 bits per heavy atom. The molecule has 3 nitrogen and oxygen atoms in total. The van der Waals surface area contributed by atoms with Crippen molar-refractivity contribution in [1.82, 2.24) is 0 Å². The Kier molecular flexibility index (Phi) is 4.05. The fraction of sp³-hybridized carbons (Fsp3) is 0.462. The molecule has 86 valence electrons. The molecule has 0 radical (unpaired) electrons. The number of hydrogen-bond acceptors (Lipinski definition) is 3. The number of nitriles is 1. The zero-order chi connectivity index (χ0) is 12.2. The van der Waals surface area contributed by atoms with Gasteiger partial charge in [-0.1, -0.05) is 24.3 Å². The average Bonchev–Trinajstić information content (AvgIpc) is 2.31. The highest BCUT2D eigenvalue weighted by Gasteiger charge is 2.20. The Bertz CT molecular complexity index is 372. The molecule has 0 aliphatic carbocycles. The van der Waals surface area contributed by atoms with Gasteiger partial charge in [0.05, 0.1) is 11.5 Å². The smallest absolute Gasteiger partial charge is 0.183 e. The molecule has 0 aromatic heterocycles. The molecule has 0 N–H and O–H groups in total. The van der Waals surface area contributed by atoms with Gasteiger partial charge in [-0.15, -0.1) is 0 Å². The van der Waals surface area contributed by atoms with E-state index < -0.39 is 5.41 Å². The normalized spacial score (nSPS) is 11.5. The van der Waals surface area contributed by atoms with Gasteiger partial charge in [-0.2, -0.15) is 5.26 Å². The highest BCUT2D eigenvalue weighted by molar-refractivity contribution is 5.33. The molecule has 0 saturated carbocycles. The Balaban J connectivity index is 2.96. The van der Waals surface area contributed by atoms with E-state index in [1.165, 1.54) is 0 Å². The molecule has 0 saturated heterocycles. The molecule has 0 unspecified atom stereocenters. The molecule has 1 aromatic carbocycles. The molecular weight excluding hydrogens is 202 g/mol. The maximum atomic E-state index is 9.02. The van der Waals surface area contributed by atoms with Crippen molar-refractivity contribution < 1.29 is 9.47 Å². The molecule has 0 aliphatic rings. The summed E-state index contributed by atoms with van der Waals surface area (Å²) in [7, 11) is 3.20. The first kappa shape index (κ1) is 12.7. The highest BCUT2D eigenvalue weighted by Crippen LogP contribution is 2.25. The number of rotatable bonds is 4. The second kappa shape index (κ2) is 5.11. The van der Waals surface area contributed by atoms with Gasteiger partial charge in [0.1, 0.15) is 0 Å². The molecule has 0 atom stereocenters. The summed E-state index contributed by atoms with van der Waals surface area (Å²) in [6, 6.07) is 9.99. The Morgan fingerprint density at radius 1 is 1.12 bits per heavy atom. The van der Waals surface area contributed by atoms with Crippen LogP contribution < -0.4 is 0 Å². The van der Waals surface area contributed by atoms with Gasteiger partial charge in [0, 0.05) is 19.8 Å². The summed E-state index contributed by atoms with van der Waals surface area (Å²) in [5, 5.41) is 9.02. The maximum Gasteiger partial charge on any atom is 0.183 e. The molecule has 0 bridgehead atoms. The molecule has 16 heavy (non-hydrogen) atoms. The minimum absolute atomic E-state index is 0.348. The van der Waals surface area contributed by atoms with E-state index in [-0.39, 0.29) is 6.29 Å². The molecule has 0 amide bonds. The summed E-state index contributed by atoms with van der Waals surface area (Å²) in [6.07, 6.45) is -0.348. The third-order valence-electron chi connectivity index (χ3n) is 2.61. The lowest BCUT2D eigenvalue weighted by Gasteiger charge is -2.18. The zero-order valence-corrected chi connectivity index (χ0v) is 10.2. The first-order valence-electron chi connectivity index (χ1n) is 5.12. The minimum atomic E-state index is -0.464. The van der Waals surface area contributed by atoms with Crippen molar-refractivity contribution in [2.24, 2.45) is 0 Å². The first-order chi connectivity index (χ1) is 7.55. The third-order valence-corrected chi connectivity index (χ3v) is 2.61. The van der Waals surface area contributed by atoms with Crippen molar-refractivity contribution in [2.45, 2.75) is 25.6 Å². The predicted molar refractivity (Wildman–Crippen MR) is 61.8 cm³/mol. The number of benzene rings is 1. The molecule has 0 fully saturated rings. The van der Waals surface area contributed by atoms with Gasteiger partial charge >= 0.3 is 0 Å². The van der Waals surface area contributed by atoms with Crippen molar-refractivity contribution in [2.75, 3.05) is 14.2 Å². The summed E-state index contributed by atoms with van der Waals surface area (Å²) < 4.78 is 10.3. The number of hydrogen-bond donors (Lipinski definition) is 0. The fourth-order valence-electron chi connectivity index (χ4n) is 1.49. The zero-order valence-electron chi connectivity index (χ0n) is 10.2. The van der Waals surface area contributed by atoms with Crippen LogP contribution in [-0.2, 0) is 14.9 Å². The Morgan fingerprint density at radius 2 is 1.62 bits per heavy atom. The predicted octanol–water partition coefficient (Wildman–Crippen LogP) is 2.78. The second-order valence-corrected chi connectivity index (χ2v) is 4.16. The van der Waals surface area contributed by atoms with Crippen molar-refractivity contribution in [1.29, 1.82) is 5.26 Å². The molecule has 0 spiro atoms. The van der Waals surface area contributed by atoms with Crippen LogP contribution >= 0.6 is 0 Å². The van der Waals surface area contributed by atoms with Crippen LogP contribution in [0, 0.1) is 11.3 Å². The first-order valence-corrected chi connectivity index (χ1v) is 5.12. The third kappa shape index (κ3) is 2.60. The summed E-state index contributed by atoms with van der Waals surface area (Å²) in [6.45, 7) is 3.79. The standard InChI is InChI=1S/C13H17NO2/c1-13(2,9-14)11-7-5-10(6-8-11)12(15-3)16-4/h5-8,12H,1-4H3. The molecule has 0 aliphatic heterocycles. The summed E-state index contributed by atoms with van der Waals surface area (Å²) in [5.41, 5.74) is 1.47. The van der Waals surface area contributed by atoms with Crippen LogP contribution in [0.1, 0.15) is 31.3 Å². The van der Waals surface area contributed by atoms with Crippen LogP contribution in [0.3, 0.4) is 0 Å². The maximum absolute atomic E-state index is 9.02. The van der Waals surface area contributed by atoms with Crippen LogP contribution in [0.25, 0.3) is 0 Å². The number of nitrogens with zero attached hydrogens (tertiary/aromatic N) is 1. The summed E-state index contributed by atoms with van der Waals surface area (Å²) in [5.74, 6) is 0. The van der Waals surface area contributed by atoms with E-state index in [4.69, 9.17) is 14.7 Å². The Hall–Kier alpha value is -1.37. The second-order valence-electron chi connectivity index (χ2n) is 4.16. The van der Waals surface area contributed by atoms with Crippen molar-refractivity contribution in [3.8, 4) is 6.07 Å². The van der Waals surface area contributed by atoms with Crippen LogP contribution in [0.2, 0.25) is 0 Å². The van der Waals surface area contributed by atoms with Gasteiger partial charge in [-0.05, 0) is 19.4 Å². The van der Waals surface area contributed by atoms with Crippen molar-refractivity contribution in [3.63, 3.8) is 0 Å². The van der Waals surface area contributed by atoms with Gasteiger partial charge in [0.25, 0.3) is 0 Å². The molecule has 3 heteroatoms. The number of ether oxygens (including phenoxy) is 2. The monoisotopic (exact) mass is 219 g/mol. The van der Waals surface area contributed by atoms with Gasteiger partial charge in [0.2, 0.25) is 0 Å². The van der Waals surface area contributed by atoms with Gasteiger partial charge in [-0.25, -0.2) is 0 Å². The van der Waals surface area contributed by atoms with E-state index in [0.717, 1.165) is 11.1 Å². The SMILES string of the molecule is COC(OC)c1ccc(C(C)(C)C#N)cc1. The summed E-state index contributed by atoms with van der Waals surface area (Å²) in [4.78, 5) is 0. The van der Waals surface area contributed by atoms with Gasteiger partial charge < -0.3 is 9.47 Å². The highest BCUT2D eigenvalue weighted by atomic mass is 16.7. The van der Waals surface area contributed by atoms with E-state index in [1.807, 2.05) is 38.1 Å². The topological polar surface area (TPSA) is 42.2 Å². The fourth-order valence-corrected chi connectivity index (χ4v) is 1.49. The lowest BCUT2D eigenvalue weighted by atomic mass is 9.86. The Labute approximate surface area is 96.6 Å². The van der Waals surface area contributed by atoms with Crippen LogP contribution in [0.15, 0.2) is 24.3 Å². The average molecular weight is 219 g/mol. The van der Waals surface area contributed by atoms with Gasteiger partial charge in [0.15, 0.2) is 6.29 Å². The summed E-state index contributed by atoms with van der Waals surface area (Å²) >= 11 is 0. The van der Waals surface area contributed by atoms with E-state index in [1.54, 1.807) is 14.2 Å². The van der Waals surface area contributed by atoms with E-state index >= 15 is 0 Å². The molecular formula is C13H17NO2. The molecule has 1 rings (SSSR count). The largest absolute Gasteiger partial charge is 0.352 e. The number of methoxy groups -OCH3 is 2. The van der Waals surface area contributed by atoms with Crippen molar-refractivity contribution >= 4 is 0 Å². The van der Waals surface area contributed by atoms with E-state index in [9.17, 15) is 0 Å². The van der Waals surface area contributed by atoms with Crippen LogP contribution in [-0.4, -0.2) is 14.2 Å². The van der Waals surface area contributed by atoms with E-state index in [2.05, 4.69) is 6.07 Å². The van der Waals surface area contributed by atoms with E-state index in [0.29, 0.717) is 0 Å². The lowest BCUT2D eigenvalue weighted by Crippen LogP contribution is -2.14. The molecule has 0 heterocycles. The minimum Gasteiger partial charge on any atom is -0.352 e. The molecule has 1 aromatic rings. The lowest BCUT2D eigenvalue weighted by molar-refractivity contribution is -0.106. The van der Waals surface area contributed by atoms with Crippen molar-refractivity contribution in [3.05, 3.63) is 35.4 Å². The van der Waals surface area contributed by atoms with Crippen LogP contribution in [0.4, 0.5) is 0 Å². The quantitative estimate of drug-likeness (QED) is 0.731. The van der Waals surface area contributed by atoms with Crippen LogP contribution in [0.5, 0.6) is 0 Å².